The van der Waals surface area contributed by atoms with E-state index in [9.17, 15) is 8.42 Å². The van der Waals surface area contributed by atoms with Gasteiger partial charge in [-0.25, -0.2) is 18.0 Å². The van der Waals surface area contributed by atoms with Crippen molar-refractivity contribution in [3.63, 3.8) is 0 Å². The van der Waals surface area contributed by atoms with Gasteiger partial charge in [-0.15, -0.1) is 0 Å². The maximum absolute atomic E-state index is 12.9. The molecule has 10 heteroatoms. The van der Waals surface area contributed by atoms with Crippen LogP contribution in [0.1, 0.15) is 18.4 Å². The van der Waals surface area contributed by atoms with Crippen molar-refractivity contribution in [3.8, 4) is 0 Å². The van der Waals surface area contributed by atoms with Crippen LogP contribution < -0.4 is 4.90 Å². The quantitative estimate of drug-likeness (QED) is 0.627. The smallest absolute Gasteiger partial charge is 0.414 e. The SMILES string of the molecule is Cc1ccc(S(=O)(=O)N2CCC(N3CCN(c4ccccc4)CC3)CC2)cc1.O=C(O)C(=O)O. The van der Waals surface area contributed by atoms with Crippen LogP contribution in [0, 0.1) is 6.92 Å². The van der Waals surface area contributed by atoms with E-state index in [1.807, 2.05) is 19.1 Å². The molecule has 0 atom stereocenters. The molecule has 184 valence electrons. The number of piperazine rings is 1. The molecule has 0 unspecified atom stereocenters. The number of aliphatic carboxylic acids is 2. The molecule has 0 spiro atoms. The fourth-order valence-corrected chi connectivity index (χ4v) is 5.76. The minimum atomic E-state index is -3.37. The molecule has 9 nitrogen and oxygen atoms in total. The normalized spacial score (nSPS) is 18.1. The molecular weight excluding hydrogens is 458 g/mol. The Labute approximate surface area is 200 Å². The number of nitrogens with zero attached hydrogens (tertiary/aromatic N) is 3. The molecule has 34 heavy (non-hydrogen) atoms. The molecule has 2 aliphatic heterocycles. The molecule has 4 rings (SSSR count). The van der Waals surface area contributed by atoms with Crippen molar-refractivity contribution in [2.24, 2.45) is 0 Å². The van der Waals surface area contributed by atoms with Gasteiger partial charge >= 0.3 is 11.9 Å². The number of anilines is 1. The van der Waals surface area contributed by atoms with E-state index in [0.717, 1.165) is 44.6 Å². The molecule has 0 aliphatic carbocycles. The van der Waals surface area contributed by atoms with Gasteiger partial charge in [-0.2, -0.15) is 4.31 Å². The summed E-state index contributed by atoms with van der Waals surface area (Å²) in [5.74, 6) is -3.65. The predicted octanol–water partition coefficient (Wildman–Crippen LogP) is 2.13. The average Bonchev–Trinajstić information content (AvgIpc) is 2.85. The summed E-state index contributed by atoms with van der Waals surface area (Å²) in [4.78, 5) is 23.6. The van der Waals surface area contributed by atoms with E-state index in [4.69, 9.17) is 19.8 Å². The minimum absolute atomic E-state index is 0.410. The number of para-hydroxylation sites is 1. The summed E-state index contributed by atoms with van der Waals surface area (Å²) in [6.07, 6.45) is 1.83. The number of carboxylic acids is 2. The Morgan fingerprint density at radius 1 is 0.794 bits per heavy atom. The standard InChI is InChI=1S/C22H29N3O2S.C2H2O4/c1-19-7-9-22(10-8-19)28(26,27)25-13-11-21(12-14-25)24-17-15-23(16-18-24)20-5-3-2-4-6-20;3-1(4)2(5)6/h2-10,21H,11-18H2,1H3;(H,3,4)(H,5,6). The van der Waals surface area contributed by atoms with E-state index in [2.05, 4.69) is 40.1 Å². The highest BCUT2D eigenvalue weighted by Crippen LogP contribution is 2.25. The van der Waals surface area contributed by atoms with Gasteiger partial charge in [0.1, 0.15) is 0 Å². The van der Waals surface area contributed by atoms with Crippen molar-refractivity contribution in [3.05, 3.63) is 60.2 Å². The number of hydrogen-bond donors (Lipinski definition) is 2. The Hall–Kier alpha value is -2.95. The fourth-order valence-electron chi connectivity index (χ4n) is 4.29. The lowest BCUT2D eigenvalue weighted by Crippen LogP contribution is -2.53. The Balaban J connectivity index is 0.000000481. The predicted molar refractivity (Wildman–Crippen MR) is 128 cm³/mol. The summed E-state index contributed by atoms with van der Waals surface area (Å²) in [6.45, 7) is 7.35. The van der Waals surface area contributed by atoms with Crippen LogP contribution in [-0.4, -0.2) is 85.1 Å². The summed E-state index contributed by atoms with van der Waals surface area (Å²) >= 11 is 0. The van der Waals surface area contributed by atoms with E-state index in [1.165, 1.54) is 5.69 Å². The van der Waals surface area contributed by atoms with Gasteiger partial charge in [0.15, 0.2) is 0 Å². The Morgan fingerprint density at radius 2 is 1.32 bits per heavy atom. The van der Waals surface area contributed by atoms with Crippen LogP contribution in [0.3, 0.4) is 0 Å². The first-order valence-corrected chi connectivity index (χ1v) is 12.7. The van der Waals surface area contributed by atoms with Crippen LogP contribution in [0.4, 0.5) is 5.69 Å². The number of sulfonamides is 1. The molecule has 0 aromatic heterocycles. The molecule has 2 aromatic carbocycles. The highest BCUT2D eigenvalue weighted by molar-refractivity contribution is 7.89. The van der Waals surface area contributed by atoms with Crippen molar-refractivity contribution in [1.82, 2.24) is 9.21 Å². The highest BCUT2D eigenvalue weighted by atomic mass is 32.2. The summed E-state index contributed by atoms with van der Waals surface area (Å²) in [5.41, 5.74) is 2.37. The number of benzene rings is 2. The van der Waals surface area contributed by atoms with Crippen molar-refractivity contribution < 1.29 is 28.2 Å². The largest absolute Gasteiger partial charge is 0.473 e. The van der Waals surface area contributed by atoms with E-state index < -0.39 is 22.0 Å². The van der Waals surface area contributed by atoms with Crippen LogP contribution in [0.25, 0.3) is 0 Å². The molecule has 0 saturated carbocycles. The van der Waals surface area contributed by atoms with Gasteiger partial charge in [0.25, 0.3) is 0 Å². The molecule has 0 radical (unpaired) electrons. The molecular formula is C24H31N3O6S. The van der Waals surface area contributed by atoms with Gasteiger partial charge in [-0.3, -0.25) is 4.90 Å². The zero-order chi connectivity index (χ0) is 24.7. The first-order chi connectivity index (χ1) is 16.2. The topological polar surface area (TPSA) is 118 Å². The van der Waals surface area contributed by atoms with Gasteiger partial charge in [0, 0.05) is 51.0 Å². The van der Waals surface area contributed by atoms with Gasteiger partial charge in [-0.1, -0.05) is 35.9 Å². The second kappa shape index (κ2) is 11.5. The number of aryl methyl sites for hydroxylation is 1. The molecule has 2 heterocycles. The summed E-state index contributed by atoms with van der Waals surface area (Å²) < 4.78 is 27.4. The summed E-state index contributed by atoms with van der Waals surface area (Å²) in [5, 5.41) is 14.8. The summed E-state index contributed by atoms with van der Waals surface area (Å²) in [6, 6.07) is 18.2. The maximum atomic E-state index is 12.9. The number of piperidine rings is 1. The Kier molecular flexibility index (Phi) is 8.65. The lowest BCUT2D eigenvalue weighted by Gasteiger charge is -2.43. The zero-order valence-electron chi connectivity index (χ0n) is 19.2. The molecule has 0 amide bonds. The molecule has 2 saturated heterocycles. The van der Waals surface area contributed by atoms with E-state index >= 15 is 0 Å². The third-order valence-electron chi connectivity index (χ3n) is 6.22. The first kappa shape index (κ1) is 25.7. The highest BCUT2D eigenvalue weighted by Gasteiger charge is 2.32. The zero-order valence-corrected chi connectivity index (χ0v) is 20.0. The fraction of sp³-hybridized carbons (Fsp3) is 0.417. The lowest BCUT2D eigenvalue weighted by molar-refractivity contribution is -0.159. The van der Waals surface area contributed by atoms with E-state index in [-0.39, 0.29) is 0 Å². The first-order valence-electron chi connectivity index (χ1n) is 11.3. The molecule has 2 fully saturated rings. The van der Waals surface area contributed by atoms with Crippen LogP contribution in [0.2, 0.25) is 0 Å². The third kappa shape index (κ3) is 6.55. The molecule has 2 aliphatic rings. The van der Waals surface area contributed by atoms with Crippen LogP contribution in [0.5, 0.6) is 0 Å². The third-order valence-corrected chi connectivity index (χ3v) is 8.13. The average molecular weight is 490 g/mol. The molecule has 2 N–H and O–H groups in total. The van der Waals surface area contributed by atoms with Gasteiger partial charge in [0.05, 0.1) is 4.90 Å². The van der Waals surface area contributed by atoms with Gasteiger partial charge in [-0.05, 0) is 44.0 Å². The second-order valence-electron chi connectivity index (χ2n) is 8.42. The second-order valence-corrected chi connectivity index (χ2v) is 10.4. The van der Waals surface area contributed by atoms with Crippen LogP contribution in [0.15, 0.2) is 59.5 Å². The van der Waals surface area contributed by atoms with Gasteiger partial charge in [0.2, 0.25) is 10.0 Å². The number of hydrogen-bond acceptors (Lipinski definition) is 6. The monoisotopic (exact) mass is 489 g/mol. The lowest BCUT2D eigenvalue weighted by atomic mass is 10.0. The minimum Gasteiger partial charge on any atom is -0.473 e. The van der Waals surface area contributed by atoms with Crippen molar-refractivity contribution in [2.75, 3.05) is 44.2 Å². The van der Waals surface area contributed by atoms with Crippen LogP contribution >= 0.6 is 0 Å². The molecule has 0 bridgehead atoms. The van der Waals surface area contributed by atoms with Crippen LogP contribution in [-0.2, 0) is 19.6 Å². The number of rotatable bonds is 4. The molecule has 2 aromatic rings. The van der Waals surface area contributed by atoms with Crippen molar-refractivity contribution >= 4 is 27.6 Å². The van der Waals surface area contributed by atoms with Crippen molar-refractivity contribution in [1.29, 1.82) is 0 Å². The van der Waals surface area contributed by atoms with Gasteiger partial charge < -0.3 is 15.1 Å². The maximum Gasteiger partial charge on any atom is 0.414 e. The van der Waals surface area contributed by atoms with Crippen molar-refractivity contribution in [2.45, 2.75) is 30.7 Å². The summed E-state index contributed by atoms with van der Waals surface area (Å²) in [7, 11) is -3.37. The number of carboxylic acid groups (broad SMARTS) is 2. The van der Waals surface area contributed by atoms with E-state index in [0.29, 0.717) is 24.0 Å². The van der Waals surface area contributed by atoms with E-state index in [1.54, 1.807) is 16.4 Å². The Bertz CT molecular complexity index is 1050. The number of carbonyl (C=O) groups is 2. The Morgan fingerprint density at radius 3 is 1.82 bits per heavy atom.